The zero-order valence-electron chi connectivity index (χ0n) is 32.4. The predicted octanol–water partition coefficient (Wildman–Crippen LogP) is 3.61. The number of hydrogen-bond donors (Lipinski definition) is 7. The van der Waals surface area contributed by atoms with E-state index < -0.39 is 24.1 Å². The smallest absolute Gasteiger partial charge is 0.331 e. The van der Waals surface area contributed by atoms with Gasteiger partial charge in [-0.05, 0) is 111 Å². The summed E-state index contributed by atoms with van der Waals surface area (Å²) in [6.07, 6.45) is 20.2. The van der Waals surface area contributed by atoms with E-state index in [9.17, 15) is 24.3 Å². The van der Waals surface area contributed by atoms with Crippen LogP contribution < -0.4 is 27.4 Å². The number of carboxylic acids is 1. The quantitative estimate of drug-likeness (QED) is 0.139. The Balaban J connectivity index is 1.44. The molecule has 9 N–H and O–H groups in total. The summed E-state index contributed by atoms with van der Waals surface area (Å²) in [5.41, 5.74) is 18.5. The number of likely N-dealkylation sites (N-methyl/N-ethyl adjacent to an activating group) is 1. The summed E-state index contributed by atoms with van der Waals surface area (Å²) in [7, 11) is 1.63. The first-order valence-corrected chi connectivity index (χ1v) is 20.6. The first kappa shape index (κ1) is 41.5. The monoisotopic (exact) mass is 795 g/mol. The third-order valence-corrected chi connectivity index (χ3v) is 12.0. The number of rotatable bonds is 11. The fourth-order valence-electron chi connectivity index (χ4n) is 7.59. The topological polar surface area (TPSA) is 221 Å². The van der Waals surface area contributed by atoms with E-state index in [1.165, 1.54) is 16.7 Å². The molecule has 0 bridgehead atoms. The number of carboxylic acid groups (broad SMARTS) is 1. The second-order valence-corrected chi connectivity index (χ2v) is 15.7. The van der Waals surface area contributed by atoms with Crippen molar-refractivity contribution in [3.8, 4) is 0 Å². The molecule has 3 aliphatic rings. The van der Waals surface area contributed by atoms with Gasteiger partial charge in [0.2, 0.25) is 17.7 Å². The van der Waals surface area contributed by atoms with E-state index in [1.54, 1.807) is 31.7 Å². The molecule has 3 aromatic heterocycles. The number of fused-ring (bicyclic) bond motifs is 3. The zero-order chi connectivity index (χ0) is 40.3. The van der Waals surface area contributed by atoms with Gasteiger partial charge in [0, 0.05) is 73.1 Å². The lowest BCUT2D eigenvalue weighted by Gasteiger charge is -2.32. The number of amides is 3. The number of carbonyl (C=O) groups excluding carboxylic acids is 3. The molecule has 0 saturated carbocycles. The van der Waals surface area contributed by atoms with Crippen LogP contribution in [0.5, 0.6) is 0 Å². The van der Waals surface area contributed by atoms with Crippen LogP contribution in [-0.2, 0) is 45.1 Å². The number of aromatic nitrogens is 3. The average Bonchev–Trinajstić information content (AvgIpc) is 3.64. The Morgan fingerprint density at radius 3 is 2.58 bits per heavy atom. The lowest BCUT2D eigenvalue weighted by molar-refractivity contribution is -0.142. The Labute approximate surface area is 337 Å². The number of H-pyrrole nitrogens is 1. The number of allylic oxidation sites excluding steroid dienone is 4. The number of nitrogens with one attached hydrogen (secondary N) is 4. The summed E-state index contributed by atoms with van der Waals surface area (Å²) < 4.78 is 0. The average molecular weight is 796 g/mol. The largest absolute Gasteiger partial charge is 0.478 e. The van der Waals surface area contributed by atoms with Crippen LogP contribution in [-0.4, -0.2) is 86.9 Å². The highest BCUT2D eigenvalue weighted by Gasteiger charge is 2.35. The molecular formula is C42H53N9O5S. The van der Waals surface area contributed by atoms with E-state index in [-0.39, 0.29) is 30.7 Å². The van der Waals surface area contributed by atoms with Gasteiger partial charge in [-0.15, -0.1) is 0 Å². The van der Waals surface area contributed by atoms with Crippen molar-refractivity contribution in [1.82, 2.24) is 35.8 Å². The third-order valence-electron chi connectivity index (χ3n) is 10.9. The normalized spacial score (nSPS) is 20.6. The summed E-state index contributed by atoms with van der Waals surface area (Å²) >= 11 is 1.41. The van der Waals surface area contributed by atoms with Crippen molar-refractivity contribution in [2.75, 3.05) is 20.1 Å². The number of pyridine rings is 2. The van der Waals surface area contributed by atoms with Gasteiger partial charge in [0.1, 0.15) is 17.1 Å². The number of carbonyl (C=O) groups is 4. The van der Waals surface area contributed by atoms with Crippen molar-refractivity contribution in [1.29, 1.82) is 0 Å². The van der Waals surface area contributed by atoms with Crippen LogP contribution in [0.25, 0.3) is 11.6 Å². The van der Waals surface area contributed by atoms with E-state index in [2.05, 4.69) is 32.0 Å². The van der Waals surface area contributed by atoms with E-state index in [4.69, 9.17) is 16.5 Å². The Bertz CT molecular complexity index is 2040. The number of aliphatic carboxylic acids is 1. The molecule has 57 heavy (non-hydrogen) atoms. The molecule has 3 atom stereocenters. The molecule has 3 aromatic rings. The molecule has 6 rings (SSSR count). The first-order chi connectivity index (χ1) is 27.7. The van der Waals surface area contributed by atoms with E-state index in [1.807, 2.05) is 30.5 Å². The van der Waals surface area contributed by atoms with Crippen molar-refractivity contribution in [3.05, 3.63) is 94.2 Å². The maximum absolute atomic E-state index is 14.6. The van der Waals surface area contributed by atoms with Gasteiger partial charge in [0.15, 0.2) is 0 Å². The highest BCUT2D eigenvalue weighted by Crippen LogP contribution is 2.37. The third kappa shape index (κ3) is 10.3. The molecule has 2 aliphatic carbocycles. The number of nitrogens with zero attached hydrogens (tertiary/aromatic N) is 3. The van der Waals surface area contributed by atoms with Crippen LogP contribution >= 0.6 is 11.8 Å². The van der Waals surface area contributed by atoms with E-state index >= 15 is 0 Å². The van der Waals surface area contributed by atoms with Gasteiger partial charge in [-0.2, -0.15) is 0 Å². The van der Waals surface area contributed by atoms with E-state index in [0.717, 1.165) is 56.8 Å². The van der Waals surface area contributed by atoms with Crippen molar-refractivity contribution >= 4 is 47.1 Å². The number of hydrogen-bond acceptors (Lipinski definition) is 10. The molecule has 14 nitrogen and oxygen atoms in total. The Kier molecular flexibility index (Phi) is 14.5. The number of unbranched alkanes of at least 4 members (excludes halogenated alkanes) is 1. The molecule has 0 saturated heterocycles. The van der Waals surface area contributed by atoms with E-state index in [0.29, 0.717) is 75.2 Å². The summed E-state index contributed by atoms with van der Waals surface area (Å²) in [5, 5.41) is 20.0. The van der Waals surface area contributed by atoms with Gasteiger partial charge in [0.05, 0.1) is 6.04 Å². The summed E-state index contributed by atoms with van der Waals surface area (Å²) in [4.78, 5) is 69.9. The molecule has 4 heterocycles. The molecule has 0 fully saturated rings. The lowest BCUT2D eigenvalue weighted by atomic mass is 9.91. The van der Waals surface area contributed by atoms with Gasteiger partial charge >= 0.3 is 5.97 Å². The van der Waals surface area contributed by atoms with Gasteiger partial charge in [-0.25, -0.2) is 9.78 Å². The van der Waals surface area contributed by atoms with Crippen molar-refractivity contribution in [2.24, 2.45) is 11.5 Å². The number of aromatic amines is 1. The fourth-order valence-corrected chi connectivity index (χ4v) is 8.60. The van der Waals surface area contributed by atoms with Crippen LogP contribution in [0.2, 0.25) is 0 Å². The molecule has 0 aromatic carbocycles. The minimum absolute atomic E-state index is 0.108. The summed E-state index contributed by atoms with van der Waals surface area (Å²) in [6, 6.07) is 1.32. The molecule has 15 heteroatoms. The van der Waals surface area contributed by atoms with Crippen LogP contribution in [0.1, 0.15) is 84.9 Å². The molecule has 3 amide bonds. The van der Waals surface area contributed by atoms with Crippen LogP contribution in [0.4, 0.5) is 0 Å². The molecule has 3 unspecified atom stereocenters. The number of nitrogens with two attached hydrogens (primary N) is 2. The van der Waals surface area contributed by atoms with Crippen LogP contribution in [0, 0.1) is 0 Å². The highest BCUT2D eigenvalue weighted by molar-refractivity contribution is 7.99. The minimum Gasteiger partial charge on any atom is -0.478 e. The van der Waals surface area contributed by atoms with Crippen molar-refractivity contribution < 1.29 is 24.3 Å². The maximum atomic E-state index is 14.6. The molecule has 0 radical (unpaired) electrons. The Morgan fingerprint density at radius 1 is 0.982 bits per heavy atom. The van der Waals surface area contributed by atoms with Gasteiger partial charge in [-0.3, -0.25) is 19.4 Å². The maximum Gasteiger partial charge on any atom is 0.331 e. The fraction of sp³-hybridized carbons (Fsp3) is 0.429. The Morgan fingerprint density at radius 2 is 1.81 bits per heavy atom. The van der Waals surface area contributed by atoms with Gasteiger partial charge in [-0.1, -0.05) is 36.1 Å². The van der Waals surface area contributed by atoms with Crippen LogP contribution in [0.15, 0.2) is 70.6 Å². The van der Waals surface area contributed by atoms with Crippen molar-refractivity contribution in [2.45, 2.75) is 105 Å². The molecule has 302 valence electrons. The SMILES string of the molecule is CN1C(=O)C(CCCCN)NC(=O)C(CCCN)NCc2cccnc2Sc2cncc(C3=CC=C(C(=O)O)CC3)c2CNC(=O)C1Cc1c[nH]c2c1CCC=C2. The standard InChI is InChI=1S/C42H53N9O5S/c1-51-36(20-29-22-47-33-10-3-2-9-30(29)33)39(53)49-24-32-31(26-13-15-27(16-14-26)42(55)56)23-45-25-37(32)57-40-28(8-7-19-46-40)21-48-34(12-6-18-44)38(52)50-35(41(51)54)11-4-5-17-43/h3,7-8,10,13,15,19,22-23,25,34-36,47-48H,2,4-6,9,11-12,14,16-18,20-21,24,43-44H2,1H3,(H,49,53)(H,50,52)(H,55,56). The first-order valence-electron chi connectivity index (χ1n) is 19.7. The van der Waals surface area contributed by atoms with Gasteiger partial charge < -0.3 is 42.4 Å². The summed E-state index contributed by atoms with van der Waals surface area (Å²) in [6.45, 7) is 1.26. The summed E-state index contributed by atoms with van der Waals surface area (Å²) in [5.74, 6) is -1.99. The lowest BCUT2D eigenvalue weighted by Crippen LogP contribution is -2.57. The zero-order valence-corrected chi connectivity index (χ0v) is 33.2. The van der Waals surface area contributed by atoms with Crippen molar-refractivity contribution in [3.63, 3.8) is 0 Å². The van der Waals surface area contributed by atoms with Crippen LogP contribution in [0.3, 0.4) is 0 Å². The van der Waals surface area contributed by atoms with Gasteiger partial charge in [0.25, 0.3) is 0 Å². The Hall–Kier alpha value is -5.09. The molecule has 0 spiro atoms. The molecular weight excluding hydrogens is 743 g/mol. The second-order valence-electron chi connectivity index (χ2n) is 14.7. The highest BCUT2D eigenvalue weighted by atomic mass is 32.2. The molecule has 1 aliphatic heterocycles. The predicted molar refractivity (Wildman–Crippen MR) is 220 cm³/mol. The second kappa shape index (κ2) is 19.9. The minimum atomic E-state index is -0.950.